The van der Waals surface area contributed by atoms with Crippen molar-refractivity contribution >= 4 is 5.84 Å². The van der Waals surface area contributed by atoms with Crippen molar-refractivity contribution in [3.63, 3.8) is 0 Å². The number of rotatable bonds is 3. The first-order chi connectivity index (χ1) is 8.58. The summed E-state index contributed by atoms with van der Waals surface area (Å²) in [7, 11) is 0. The van der Waals surface area contributed by atoms with E-state index in [1.807, 2.05) is 31.2 Å². The normalized spacial score (nSPS) is 10.1. The summed E-state index contributed by atoms with van der Waals surface area (Å²) in [5.41, 5.74) is 6.77. The third kappa shape index (κ3) is 2.43. The molecule has 4 heteroatoms. The maximum absolute atomic E-state index is 9.68. The molecule has 0 amide bonds. The van der Waals surface area contributed by atoms with Gasteiger partial charge in [-0.25, -0.2) is 0 Å². The number of nitrogens with two attached hydrogens (primary N) is 1. The Morgan fingerprint density at radius 3 is 2.44 bits per heavy atom. The van der Waals surface area contributed by atoms with Gasteiger partial charge < -0.3 is 15.6 Å². The summed E-state index contributed by atoms with van der Waals surface area (Å²) in [4.78, 5) is 0. The molecular weight excluding hydrogens is 228 g/mol. The number of phenols is 1. The first kappa shape index (κ1) is 12.0. The van der Waals surface area contributed by atoms with Crippen LogP contribution in [-0.2, 0) is 0 Å². The van der Waals surface area contributed by atoms with Gasteiger partial charge in [0.05, 0.1) is 0 Å². The zero-order valence-corrected chi connectivity index (χ0v) is 9.97. The van der Waals surface area contributed by atoms with E-state index < -0.39 is 0 Å². The summed E-state index contributed by atoms with van der Waals surface area (Å²) in [6.45, 7) is 1.99. The van der Waals surface area contributed by atoms with Crippen molar-refractivity contribution < 1.29 is 9.84 Å². The van der Waals surface area contributed by atoms with Crippen LogP contribution in [0.4, 0.5) is 0 Å². The van der Waals surface area contributed by atoms with Crippen LogP contribution in [0.15, 0.2) is 42.5 Å². The van der Waals surface area contributed by atoms with Crippen LogP contribution in [-0.4, -0.2) is 10.9 Å². The Hall–Kier alpha value is -2.49. The SMILES string of the molecule is Cc1ccc(Oc2cccc(O)c2C(=N)N)cc1. The third-order valence-electron chi connectivity index (χ3n) is 2.52. The van der Waals surface area contributed by atoms with Crippen LogP contribution in [0.3, 0.4) is 0 Å². The monoisotopic (exact) mass is 242 g/mol. The summed E-state index contributed by atoms with van der Waals surface area (Å²) in [5.74, 6) is 0.711. The zero-order chi connectivity index (χ0) is 13.1. The van der Waals surface area contributed by atoms with Crippen LogP contribution in [0.2, 0.25) is 0 Å². The van der Waals surface area contributed by atoms with Crippen molar-refractivity contribution in [2.24, 2.45) is 5.73 Å². The molecule has 0 fully saturated rings. The third-order valence-corrected chi connectivity index (χ3v) is 2.52. The van der Waals surface area contributed by atoms with E-state index in [0.29, 0.717) is 11.5 Å². The lowest BCUT2D eigenvalue weighted by molar-refractivity contribution is 0.453. The van der Waals surface area contributed by atoms with E-state index in [0.717, 1.165) is 5.56 Å². The first-order valence-corrected chi connectivity index (χ1v) is 5.49. The number of nitrogen functional groups attached to an aromatic ring is 1. The van der Waals surface area contributed by atoms with Crippen molar-refractivity contribution in [3.05, 3.63) is 53.6 Å². The van der Waals surface area contributed by atoms with Gasteiger partial charge in [-0.05, 0) is 31.2 Å². The molecule has 2 aromatic rings. The van der Waals surface area contributed by atoms with Crippen molar-refractivity contribution in [3.8, 4) is 17.2 Å². The van der Waals surface area contributed by atoms with Gasteiger partial charge in [0.15, 0.2) is 0 Å². The van der Waals surface area contributed by atoms with E-state index in [1.165, 1.54) is 6.07 Å². The number of aromatic hydroxyl groups is 1. The van der Waals surface area contributed by atoms with Crippen molar-refractivity contribution in [2.75, 3.05) is 0 Å². The largest absolute Gasteiger partial charge is 0.507 e. The fourth-order valence-corrected chi connectivity index (χ4v) is 1.61. The highest BCUT2D eigenvalue weighted by atomic mass is 16.5. The van der Waals surface area contributed by atoms with E-state index in [1.54, 1.807) is 12.1 Å². The van der Waals surface area contributed by atoms with Gasteiger partial charge in [0, 0.05) is 0 Å². The zero-order valence-electron chi connectivity index (χ0n) is 9.97. The molecule has 0 aromatic heterocycles. The van der Waals surface area contributed by atoms with Crippen LogP contribution < -0.4 is 10.5 Å². The topological polar surface area (TPSA) is 79.3 Å². The number of hydrogen-bond acceptors (Lipinski definition) is 3. The van der Waals surface area contributed by atoms with Gasteiger partial charge >= 0.3 is 0 Å². The Morgan fingerprint density at radius 1 is 1.17 bits per heavy atom. The number of benzene rings is 2. The summed E-state index contributed by atoms with van der Waals surface area (Å²) >= 11 is 0. The highest BCUT2D eigenvalue weighted by Crippen LogP contribution is 2.30. The van der Waals surface area contributed by atoms with E-state index in [4.69, 9.17) is 15.9 Å². The molecule has 0 aliphatic rings. The molecule has 0 unspecified atom stereocenters. The minimum atomic E-state index is -0.227. The van der Waals surface area contributed by atoms with E-state index >= 15 is 0 Å². The van der Waals surface area contributed by atoms with Gasteiger partial charge in [0.25, 0.3) is 0 Å². The second-order valence-electron chi connectivity index (χ2n) is 3.98. The van der Waals surface area contributed by atoms with Gasteiger partial charge in [-0.3, -0.25) is 5.41 Å². The predicted octanol–water partition coefficient (Wildman–Crippen LogP) is 2.78. The minimum absolute atomic E-state index is 0.0629. The maximum Gasteiger partial charge on any atom is 0.142 e. The van der Waals surface area contributed by atoms with Crippen LogP contribution in [0.5, 0.6) is 17.2 Å². The standard InChI is InChI=1S/C14H14N2O2/c1-9-5-7-10(8-6-9)18-12-4-2-3-11(17)13(12)14(15)16/h2-8,17H,1H3,(H3,15,16). The molecule has 92 valence electrons. The second kappa shape index (κ2) is 4.79. The van der Waals surface area contributed by atoms with Crippen molar-refractivity contribution in [1.82, 2.24) is 0 Å². The molecule has 4 nitrogen and oxygen atoms in total. The summed E-state index contributed by atoms with van der Waals surface area (Å²) in [5, 5.41) is 17.1. The van der Waals surface area contributed by atoms with E-state index in [9.17, 15) is 5.11 Å². The molecule has 0 saturated carbocycles. The highest BCUT2D eigenvalue weighted by molar-refractivity contribution is 6.00. The molecule has 0 heterocycles. The molecule has 18 heavy (non-hydrogen) atoms. The number of ether oxygens (including phenoxy) is 1. The predicted molar refractivity (Wildman–Crippen MR) is 70.4 cm³/mol. The highest BCUT2D eigenvalue weighted by Gasteiger charge is 2.12. The molecule has 0 atom stereocenters. The van der Waals surface area contributed by atoms with Gasteiger partial charge in [-0.15, -0.1) is 0 Å². The molecular formula is C14H14N2O2. The summed E-state index contributed by atoms with van der Waals surface area (Å²) in [6.07, 6.45) is 0. The minimum Gasteiger partial charge on any atom is -0.507 e. The Bertz CT molecular complexity index is 577. The van der Waals surface area contributed by atoms with Gasteiger partial charge in [-0.1, -0.05) is 23.8 Å². The van der Waals surface area contributed by atoms with Crippen LogP contribution in [0.1, 0.15) is 11.1 Å². The van der Waals surface area contributed by atoms with Gasteiger partial charge in [-0.2, -0.15) is 0 Å². The Labute approximate surface area is 105 Å². The Kier molecular flexibility index (Phi) is 3.19. The molecule has 0 aliphatic heterocycles. The average Bonchev–Trinajstić information content (AvgIpc) is 2.32. The van der Waals surface area contributed by atoms with Crippen LogP contribution in [0, 0.1) is 12.3 Å². The molecule has 0 saturated heterocycles. The lowest BCUT2D eigenvalue weighted by Gasteiger charge is -2.11. The van der Waals surface area contributed by atoms with Crippen LogP contribution >= 0.6 is 0 Å². The molecule has 0 bridgehead atoms. The Balaban J connectivity index is 2.37. The second-order valence-corrected chi connectivity index (χ2v) is 3.98. The van der Waals surface area contributed by atoms with Gasteiger partial charge in [0.1, 0.15) is 28.6 Å². The van der Waals surface area contributed by atoms with Crippen LogP contribution in [0.25, 0.3) is 0 Å². The molecule has 0 aliphatic carbocycles. The first-order valence-electron chi connectivity index (χ1n) is 5.49. The molecule has 2 aromatic carbocycles. The lowest BCUT2D eigenvalue weighted by atomic mass is 10.1. The smallest absolute Gasteiger partial charge is 0.142 e. The molecule has 4 N–H and O–H groups in total. The van der Waals surface area contributed by atoms with Crippen molar-refractivity contribution in [2.45, 2.75) is 6.92 Å². The summed E-state index contributed by atoms with van der Waals surface area (Å²) in [6, 6.07) is 12.3. The number of aryl methyl sites for hydroxylation is 1. The summed E-state index contributed by atoms with van der Waals surface area (Å²) < 4.78 is 5.63. The average molecular weight is 242 g/mol. The molecule has 0 radical (unpaired) electrons. The van der Waals surface area contributed by atoms with E-state index in [2.05, 4.69) is 0 Å². The van der Waals surface area contributed by atoms with E-state index in [-0.39, 0.29) is 17.1 Å². The molecule has 2 rings (SSSR count). The number of amidine groups is 1. The maximum atomic E-state index is 9.68. The number of nitrogens with one attached hydrogen (secondary N) is 1. The fraction of sp³-hybridized carbons (Fsp3) is 0.0714. The Morgan fingerprint density at radius 2 is 1.83 bits per heavy atom. The lowest BCUT2D eigenvalue weighted by Crippen LogP contribution is -2.12. The number of hydrogen-bond donors (Lipinski definition) is 3. The fourth-order valence-electron chi connectivity index (χ4n) is 1.61. The molecule has 0 spiro atoms. The van der Waals surface area contributed by atoms with Crippen molar-refractivity contribution in [1.29, 1.82) is 5.41 Å². The quantitative estimate of drug-likeness (QED) is 0.572. The number of phenolic OH excluding ortho intramolecular Hbond substituents is 1. The van der Waals surface area contributed by atoms with Gasteiger partial charge in [0.2, 0.25) is 0 Å².